The quantitative estimate of drug-likeness (QED) is 0.0250. The molecule has 622 valence electrons. The van der Waals surface area contributed by atoms with Crippen molar-refractivity contribution in [1.82, 2.24) is 84.4 Å². The maximum Gasteiger partial charge on any atom is 0.325 e. The molecule has 0 aliphatic rings. The standard InChI is InChI=1S/C71H105N19O23/c1-9-36(6)58(89-63(104)44(19-20-52(73)94)84-68(109)50(27-57(99)100)87-67(108)48(24-40-15-17-42(93)18-16-40)85-60(101)43(72)26-53(74)95)70(111)90-59(38(8)92)69(110)78-31-56(98)81-45(21-34(2)3)65(106)86-49(25-41-28-75-33-79-41)61(102)76-29-54(96)82-46(22-35(4)5)66(107)88-51(32-91)62(103)77-30-55(97)83-47(23-39-13-11-10-12-14-39)64(105)80-37(7)71(112)113/h10-18,28,33-38,43-51,58-59,91-93H,9,19-27,29-32,72H2,1-8H3,(H2,73,94)(H2,74,95)(H,75,79)(H,76,102)(H,77,103)(H,78,110)(H,80,105)(H,81,98)(H,82,96)(H,83,97)(H,84,109)(H,85,101)(H,86,106)(H,87,108)(H,88,107)(H,89,104)(H,90,111)(H,99,100)(H,112,113). The number of aliphatic hydroxyl groups is 2. The summed E-state index contributed by atoms with van der Waals surface area (Å²) in [7, 11) is 0. The van der Waals surface area contributed by atoms with Crippen molar-refractivity contribution < 1.29 is 112 Å². The minimum absolute atomic E-state index is 0.0474. The van der Waals surface area contributed by atoms with Crippen LogP contribution in [0, 0.1) is 17.8 Å². The molecule has 0 aliphatic carbocycles. The van der Waals surface area contributed by atoms with Gasteiger partial charge in [-0.05, 0) is 74.1 Å². The fourth-order valence-corrected chi connectivity index (χ4v) is 10.7. The second kappa shape index (κ2) is 47.8. The Labute approximate surface area is 649 Å². The predicted octanol–water partition coefficient (Wildman–Crippen LogP) is -7.62. The molecule has 42 heteroatoms. The van der Waals surface area contributed by atoms with Gasteiger partial charge in [0.2, 0.25) is 94.5 Å². The van der Waals surface area contributed by atoms with Crippen molar-refractivity contribution in [3.8, 4) is 5.75 Å². The average Bonchev–Trinajstić information content (AvgIpc) is 1.90. The molecule has 1 heterocycles. The number of benzene rings is 2. The van der Waals surface area contributed by atoms with Crippen LogP contribution in [0.3, 0.4) is 0 Å². The molecule has 14 unspecified atom stereocenters. The van der Waals surface area contributed by atoms with E-state index in [1.165, 1.54) is 50.6 Å². The smallest absolute Gasteiger partial charge is 0.325 e. The lowest BCUT2D eigenvalue weighted by atomic mass is 9.96. The number of carboxylic acid groups (broad SMARTS) is 2. The van der Waals surface area contributed by atoms with Crippen molar-refractivity contribution in [3.05, 3.63) is 83.9 Å². The number of carbonyl (C=O) groups is 18. The minimum atomic E-state index is -2.03. The van der Waals surface area contributed by atoms with Crippen LogP contribution in [0.4, 0.5) is 0 Å². The van der Waals surface area contributed by atoms with Gasteiger partial charge in [0.25, 0.3) is 0 Å². The number of carboxylic acids is 2. The number of carbonyl (C=O) groups excluding carboxylic acids is 16. The highest BCUT2D eigenvalue weighted by Crippen LogP contribution is 2.16. The van der Waals surface area contributed by atoms with Gasteiger partial charge < -0.3 is 122 Å². The van der Waals surface area contributed by atoms with Crippen LogP contribution in [-0.4, -0.2) is 247 Å². The van der Waals surface area contributed by atoms with Crippen LogP contribution in [-0.2, 0) is 106 Å². The Balaban J connectivity index is 1.74. The Kier molecular flexibility index (Phi) is 40.2. The van der Waals surface area contributed by atoms with Crippen molar-refractivity contribution in [2.45, 2.75) is 198 Å². The fourth-order valence-electron chi connectivity index (χ4n) is 10.7. The average molecular weight is 1590 g/mol. The van der Waals surface area contributed by atoms with E-state index in [-0.39, 0.29) is 61.8 Å². The molecule has 0 fully saturated rings. The maximum absolute atomic E-state index is 14.2. The number of aromatic hydroxyl groups is 1. The first-order chi connectivity index (χ1) is 53.1. The van der Waals surface area contributed by atoms with Crippen LogP contribution in [0.2, 0.25) is 0 Å². The SMILES string of the molecule is CCC(C)C(NC(=O)C(CCC(N)=O)NC(=O)C(CC(=O)O)NC(=O)C(Cc1ccc(O)cc1)NC(=O)C(N)CC(N)=O)C(=O)NC(C(=O)NCC(=O)NC(CC(C)C)C(=O)NC(Cc1c[nH]cn1)C(=O)NCC(=O)NC(CC(C)C)C(=O)NC(CO)C(=O)NCC(=O)NC(Cc1ccccc1)C(=O)NC(C)C(=O)O)C(C)O. The minimum Gasteiger partial charge on any atom is -0.508 e. The number of nitrogens with one attached hydrogen (secondary N) is 15. The Morgan fingerprint density at radius 3 is 1.37 bits per heavy atom. The molecule has 0 saturated carbocycles. The molecule has 3 aromatic rings. The largest absolute Gasteiger partial charge is 0.508 e. The van der Waals surface area contributed by atoms with E-state index in [9.17, 15) is 112 Å². The van der Waals surface area contributed by atoms with Gasteiger partial charge in [0.1, 0.15) is 72.2 Å². The third-order valence-electron chi connectivity index (χ3n) is 17.0. The predicted molar refractivity (Wildman–Crippen MR) is 397 cm³/mol. The molecule has 1 aromatic heterocycles. The Bertz CT molecular complexity index is 3790. The number of aliphatic carboxylic acids is 2. The number of hydrogen-bond donors (Lipinski definition) is 23. The summed E-state index contributed by atoms with van der Waals surface area (Å²) in [6.45, 7) is 8.72. The van der Waals surface area contributed by atoms with Gasteiger partial charge in [-0.15, -0.1) is 0 Å². The van der Waals surface area contributed by atoms with E-state index in [1.54, 1.807) is 65.0 Å². The number of rotatable bonds is 50. The first-order valence-corrected chi connectivity index (χ1v) is 36.1. The molecular formula is C71H105N19O23. The van der Waals surface area contributed by atoms with Crippen LogP contribution < -0.4 is 91.6 Å². The third kappa shape index (κ3) is 35.1. The molecule has 14 atom stereocenters. The van der Waals surface area contributed by atoms with Crippen LogP contribution in [0.1, 0.15) is 117 Å². The zero-order chi connectivity index (χ0) is 84.9. The lowest BCUT2D eigenvalue weighted by Gasteiger charge is -2.29. The van der Waals surface area contributed by atoms with Gasteiger partial charge in [-0.25, -0.2) is 4.98 Å². The maximum atomic E-state index is 14.2. The van der Waals surface area contributed by atoms with Crippen molar-refractivity contribution in [2.24, 2.45) is 35.0 Å². The highest BCUT2D eigenvalue weighted by Gasteiger charge is 2.38. The summed E-state index contributed by atoms with van der Waals surface area (Å²) in [5, 5.41) is 83.0. The number of hydrogen-bond acceptors (Lipinski definition) is 23. The van der Waals surface area contributed by atoms with Gasteiger partial charge in [-0.2, -0.15) is 0 Å². The molecule has 0 bridgehead atoms. The Morgan fingerprint density at radius 2 is 0.894 bits per heavy atom. The summed E-state index contributed by atoms with van der Waals surface area (Å²) >= 11 is 0. The number of phenols is 1. The number of imidazole rings is 1. The zero-order valence-electron chi connectivity index (χ0n) is 63.8. The van der Waals surface area contributed by atoms with Gasteiger partial charge >= 0.3 is 11.9 Å². The van der Waals surface area contributed by atoms with E-state index in [2.05, 4.69) is 84.4 Å². The van der Waals surface area contributed by atoms with E-state index >= 15 is 0 Å². The van der Waals surface area contributed by atoms with Crippen LogP contribution in [0.5, 0.6) is 5.75 Å². The summed E-state index contributed by atoms with van der Waals surface area (Å²) < 4.78 is 0. The van der Waals surface area contributed by atoms with Gasteiger partial charge in [-0.3, -0.25) is 86.3 Å². The van der Waals surface area contributed by atoms with E-state index in [0.29, 0.717) is 11.1 Å². The topological polar surface area (TPSA) is 684 Å². The van der Waals surface area contributed by atoms with Gasteiger partial charge in [0.05, 0.1) is 63.2 Å². The zero-order valence-corrected chi connectivity index (χ0v) is 63.8. The molecule has 0 spiro atoms. The molecule has 113 heavy (non-hydrogen) atoms. The normalized spacial score (nSPS) is 14.8. The molecular weight excluding hydrogens is 1490 g/mol. The molecule has 0 aliphatic heterocycles. The van der Waals surface area contributed by atoms with Crippen molar-refractivity contribution in [3.63, 3.8) is 0 Å². The Hall–Kier alpha value is -12.2. The number of nitrogens with zero attached hydrogens (tertiary/aromatic N) is 1. The third-order valence-corrected chi connectivity index (χ3v) is 17.0. The summed E-state index contributed by atoms with van der Waals surface area (Å²) in [6, 6.07) is -5.47. The number of aliphatic hydroxyl groups excluding tert-OH is 2. The van der Waals surface area contributed by atoms with E-state index in [1.807, 2.05) is 0 Å². The van der Waals surface area contributed by atoms with Crippen LogP contribution in [0.15, 0.2) is 67.1 Å². The van der Waals surface area contributed by atoms with E-state index in [4.69, 9.17) is 17.2 Å². The molecule has 16 amide bonds. The number of aromatic amines is 1. The molecule has 26 N–H and O–H groups in total. The number of nitrogens with two attached hydrogens (primary N) is 3. The Morgan fingerprint density at radius 1 is 0.460 bits per heavy atom. The molecule has 42 nitrogen and oxygen atoms in total. The molecule has 0 radical (unpaired) electrons. The lowest BCUT2D eigenvalue weighted by Crippen LogP contribution is -2.62. The van der Waals surface area contributed by atoms with E-state index in [0.717, 1.165) is 6.92 Å². The monoisotopic (exact) mass is 1590 g/mol. The highest BCUT2D eigenvalue weighted by atomic mass is 16.4. The second-order valence-corrected chi connectivity index (χ2v) is 27.6. The lowest BCUT2D eigenvalue weighted by molar-refractivity contribution is -0.142. The number of primary amides is 2. The molecule has 2 aromatic carbocycles. The highest BCUT2D eigenvalue weighted by molar-refractivity contribution is 6.00. The summed E-state index contributed by atoms with van der Waals surface area (Å²) in [5.74, 6) is -21.2. The first kappa shape index (κ1) is 95.0. The van der Waals surface area contributed by atoms with Gasteiger partial charge in [0, 0.05) is 31.9 Å². The van der Waals surface area contributed by atoms with Crippen LogP contribution in [0.25, 0.3) is 0 Å². The number of H-pyrrole nitrogens is 1. The number of amides is 16. The second-order valence-electron chi connectivity index (χ2n) is 27.6. The van der Waals surface area contributed by atoms with Gasteiger partial charge in [-0.1, -0.05) is 90.4 Å². The summed E-state index contributed by atoms with van der Waals surface area (Å²) in [6.07, 6.45) is -2.70. The molecule has 0 saturated heterocycles. The van der Waals surface area contributed by atoms with Crippen molar-refractivity contribution in [2.75, 3.05) is 26.2 Å². The summed E-state index contributed by atoms with van der Waals surface area (Å²) in [5.41, 5.74) is 17.5. The van der Waals surface area contributed by atoms with E-state index < -0.39 is 243 Å². The van der Waals surface area contributed by atoms with Crippen LogP contribution >= 0.6 is 0 Å². The van der Waals surface area contributed by atoms with Gasteiger partial charge in [0.15, 0.2) is 0 Å². The van der Waals surface area contributed by atoms with Crippen molar-refractivity contribution >= 4 is 106 Å². The number of aromatic nitrogens is 2. The summed E-state index contributed by atoms with van der Waals surface area (Å²) in [4.78, 5) is 246. The first-order valence-electron chi connectivity index (χ1n) is 36.1. The number of phenolic OH excluding ortho intramolecular Hbond substituents is 1. The molecule has 3 rings (SSSR count). The van der Waals surface area contributed by atoms with Crippen molar-refractivity contribution in [1.29, 1.82) is 0 Å². The fraction of sp³-hybridized carbons (Fsp3) is 0.535.